The second kappa shape index (κ2) is 8.28. The molecule has 2 aliphatic heterocycles. The number of aryl methyl sites for hydroxylation is 1. The van der Waals surface area contributed by atoms with Gasteiger partial charge >= 0.3 is 0 Å². The molecule has 7 nitrogen and oxygen atoms in total. The molecule has 0 aromatic carbocycles. The number of nitrogens with one attached hydrogen (secondary N) is 1. The molecular formula is C18H27N3O4S2. The summed E-state index contributed by atoms with van der Waals surface area (Å²) >= 11 is 1.44. The highest BCUT2D eigenvalue weighted by atomic mass is 32.2. The number of hydrogen-bond acceptors (Lipinski definition) is 6. The highest BCUT2D eigenvalue weighted by Gasteiger charge is 2.33. The number of sulfone groups is 1. The van der Waals surface area contributed by atoms with Crippen LogP contribution in [0.25, 0.3) is 0 Å². The number of thiophene rings is 1. The Kier molecular flexibility index (Phi) is 6.22. The second-order valence-electron chi connectivity index (χ2n) is 7.58. The van der Waals surface area contributed by atoms with E-state index < -0.39 is 9.84 Å². The quantitative estimate of drug-likeness (QED) is 0.790. The highest BCUT2D eigenvalue weighted by Crippen LogP contribution is 2.21. The van der Waals surface area contributed by atoms with Gasteiger partial charge in [0.2, 0.25) is 5.91 Å². The van der Waals surface area contributed by atoms with Crippen molar-refractivity contribution in [1.29, 1.82) is 0 Å². The van der Waals surface area contributed by atoms with E-state index in [0.29, 0.717) is 32.6 Å². The predicted molar refractivity (Wildman–Crippen MR) is 106 cm³/mol. The van der Waals surface area contributed by atoms with Crippen LogP contribution in [0.4, 0.5) is 0 Å². The highest BCUT2D eigenvalue weighted by molar-refractivity contribution is 7.91. The van der Waals surface area contributed by atoms with Gasteiger partial charge in [-0.2, -0.15) is 0 Å². The summed E-state index contributed by atoms with van der Waals surface area (Å²) in [7, 11) is -1.04. The lowest BCUT2D eigenvalue weighted by atomic mass is 10.00. The molecule has 2 fully saturated rings. The van der Waals surface area contributed by atoms with E-state index in [4.69, 9.17) is 0 Å². The summed E-state index contributed by atoms with van der Waals surface area (Å²) in [6, 6.07) is 1.94. The molecule has 0 saturated carbocycles. The minimum Gasteiger partial charge on any atom is -0.347 e. The van der Waals surface area contributed by atoms with Crippen molar-refractivity contribution in [3.63, 3.8) is 0 Å². The van der Waals surface area contributed by atoms with E-state index in [1.807, 2.05) is 25.4 Å². The lowest BCUT2D eigenvalue weighted by Gasteiger charge is -2.30. The Balaban J connectivity index is 1.58. The van der Waals surface area contributed by atoms with Crippen molar-refractivity contribution in [2.45, 2.75) is 25.8 Å². The number of likely N-dealkylation sites (N-methyl/N-ethyl adjacent to an activating group) is 1. The minimum absolute atomic E-state index is 0.00327. The fraction of sp³-hybridized carbons (Fsp3) is 0.667. The Morgan fingerprint density at radius 3 is 2.52 bits per heavy atom. The van der Waals surface area contributed by atoms with Crippen LogP contribution in [0.15, 0.2) is 11.4 Å². The van der Waals surface area contributed by atoms with Gasteiger partial charge < -0.3 is 15.1 Å². The zero-order valence-electron chi connectivity index (χ0n) is 15.8. The maximum absolute atomic E-state index is 12.8. The number of hydrogen-bond donors (Lipinski definition) is 1. The summed E-state index contributed by atoms with van der Waals surface area (Å²) in [4.78, 5) is 29.8. The molecular weight excluding hydrogens is 386 g/mol. The molecule has 2 atom stereocenters. The number of likely N-dealkylation sites (tertiary alicyclic amines) is 1. The Hall–Kier alpha value is -1.45. The zero-order valence-corrected chi connectivity index (χ0v) is 17.4. The van der Waals surface area contributed by atoms with Crippen molar-refractivity contribution in [3.8, 4) is 0 Å². The zero-order chi connectivity index (χ0) is 19.6. The largest absolute Gasteiger partial charge is 0.347 e. The minimum atomic E-state index is -3.00. The second-order valence-corrected chi connectivity index (χ2v) is 10.8. The van der Waals surface area contributed by atoms with Crippen LogP contribution < -0.4 is 5.32 Å². The summed E-state index contributed by atoms with van der Waals surface area (Å²) in [6.45, 7) is 3.84. The van der Waals surface area contributed by atoms with Gasteiger partial charge in [0.05, 0.1) is 22.3 Å². The van der Waals surface area contributed by atoms with Gasteiger partial charge in [-0.3, -0.25) is 9.59 Å². The molecule has 2 amide bonds. The van der Waals surface area contributed by atoms with Crippen LogP contribution in [-0.2, 0) is 14.6 Å². The van der Waals surface area contributed by atoms with Gasteiger partial charge in [0, 0.05) is 32.2 Å². The van der Waals surface area contributed by atoms with Crippen LogP contribution in [0.5, 0.6) is 0 Å². The molecule has 9 heteroatoms. The van der Waals surface area contributed by atoms with E-state index in [1.54, 1.807) is 4.90 Å². The SMILES string of the molecule is Cc1ccsc1C(=O)N[C@H]1CC[C@@H](C(=O)N2CCS(=O)(=O)CC2)CN(C)C1. The van der Waals surface area contributed by atoms with E-state index in [9.17, 15) is 18.0 Å². The van der Waals surface area contributed by atoms with Crippen LogP contribution in [0.2, 0.25) is 0 Å². The predicted octanol–water partition coefficient (Wildman–Crippen LogP) is 0.754. The summed E-state index contributed by atoms with van der Waals surface area (Å²) in [6.07, 6.45) is 1.43. The fourth-order valence-electron chi connectivity index (χ4n) is 3.78. The lowest BCUT2D eigenvalue weighted by Crippen LogP contribution is -2.47. The first-order chi connectivity index (χ1) is 12.7. The summed E-state index contributed by atoms with van der Waals surface area (Å²) in [5.41, 5.74) is 0.979. The number of amides is 2. The molecule has 3 heterocycles. The number of rotatable bonds is 3. The molecule has 2 aliphatic rings. The van der Waals surface area contributed by atoms with Gasteiger partial charge in [-0.1, -0.05) is 0 Å². The van der Waals surface area contributed by atoms with E-state index in [1.165, 1.54) is 11.3 Å². The molecule has 0 spiro atoms. The number of carbonyl (C=O) groups is 2. The Morgan fingerprint density at radius 1 is 1.19 bits per heavy atom. The normalized spacial score (nSPS) is 26.4. The summed E-state index contributed by atoms with van der Waals surface area (Å²) < 4.78 is 23.2. The first kappa shape index (κ1) is 20.3. The monoisotopic (exact) mass is 413 g/mol. The van der Waals surface area contributed by atoms with Crippen molar-refractivity contribution in [3.05, 3.63) is 21.9 Å². The van der Waals surface area contributed by atoms with Crippen molar-refractivity contribution in [1.82, 2.24) is 15.1 Å². The van der Waals surface area contributed by atoms with E-state index in [2.05, 4.69) is 10.2 Å². The van der Waals surface area contributed by atoms with Gasteiger partial charge in [-0.25, -0.2) is 8.42 Å². The maximum Gasteiger partial charge on any atom is 0.261 e. The molecule has 0 radical (unpaired) electrons. The third-order valence-electron chi connectivity index (χ3n) is 5.34. The molecule has 0 bridgehead atoms. The van der Waals surface area contributed by atoms with Gasteiger partial charge in [0.1, 0.15) is 0 Å². The topological polar surface area (TPSA) is 86.8 Å². The van der Waals surface area contributed by atoms with Crippen molar-refractivity contribution in [2.24, 2.45) is 5.92 Å². The lowest BCUT2D eigenvalue weighted by molar-refractivity contribution is -0.135. The van der Waals surface area contributed by atoms with Gasteiger partial charge in [0.15, 0.2) is 9.84 Å². The standard InChI is InChI=1S/C18H27N3O4S2/c1-13-5-8-26-16(13)17(22)19-15-4-3-14(11-20(2)12-15)18(23)21-6-9-27(24,25)10-7-21/h5,8,14-15H,3-4,6-7,9-12H2,1-2H3,(H,19,22)/t14-,15+/m1/s1. The van der Waals surface area contributed by atoms with Crippen molar-refractivity contribution in [2.75, 3.05) is 44.7 Å². The maximum atomic E-state index is 12.8. The molecule has 150 valence electrons. The molecule has 0 unspecified atom stereocenters. The van der Waals surface area contributed by atoms with Gasteiger partial charge in [-0.05, 0) is 43.8 Å². The third-order valence-corrected chi connectivity index (χ3v) is 7.96. The summed E-state index contributed by atoms with van der Waals surface area (Å²) in [5.74, 6) is -0.0498. The van der Waals surface area contributed by atoms with Crippen LogP contribution in [0, 0.1) is 12.8 Å². The Bertz CT molecular complexity index is 791. The fourth-order valence-corrected chi connectivity index (χ4v) is 5.81. The third kappa shape index (κ3) is 5.08. The number of carbonyl (C=O) groups excluding carboxylic acids is 2. The van der Waals surface area contributed by atoms with Crippen molar-refractivity contribution >= 4 is 33.0 Å². The molecule has 2 saturated heterocycles. The smallest absolute Gasteiger partial charge is 0.261 e. The van der Waals surface area contributed by atoms with E-state index >= 15 is 0 Å². The first-order valence-electron chi connectivity index (χ1n) is 9.28. The summed E-state index contributed by atoms with van der Waals surface area (Å²) in [5, 5.41) is 5.02. The van der Waals surface area contributed by atoms with Crippen LogP contribution in [-0.4, -0.2) is 80.8 Å². The van der Waals surface area contributed by atoms with E-state index in [0.717, 1.165) is 16.9 Å². The van der Waals surface area contributed by atoms with E-state index in [-0.39, 0.29) is 35.3 Å². The number of nitrogens with zero attached hydrogens (tertiary/aromatic N) is 2. The van der Waals surface area contributed by atoms with Gasteiger partial charge in [-0.15, -0.1) is 11.3 Å². The molecule has 1 N–H and O–H groups in total. The molecule has 3 rings (SSSR count). The van der Waals surface area contributed by atoms with Crippen LogP contribution >= 0.6 is 11.3 Å². The Morgan fingerprint density at radius 2 is 1.89 bits per heavy atom. The average Bonchev–Trinajstić information content (AvgIpc) is 2.94. The molecule has 0 aliphatic carbocycles. The molecule has 1 aromatic heterocycles. The van der Waals surface area contributed by atoms with Crippen molar-refractivity contribution < 1.29 is 18.0 Å². The van der Waals surface area contributed by atoms with Gasteiger partial charge in [0.25, 0.3) is 5.91 Å². The first-order valence-corrected chi connectivity index (χ1v) is 12.0. The average molecular weight is 414 g/mol. The molecule has 1 aromatic rings. The van der Waals surface area contributed by atoms with Crippen LogP contribution in [0.3, 0.4) is 0 Å². The Labute approximate surface area is 164 Å². The van der Waals surface area contributed by atoms with Crippen LogP contribution in [0.1, 0.15) is 28.1 Å². The molecule has 27 heavy (non-hydrogen) atoms.